The number of nitrogens with zero attached hydrogens (tertiary/aromatic N) is 3. The van der Waals surface area contributed by atoms with E-state index >= 15 is 0 Å². The van der Waals surface area contributed by atoms with Crippen molar-refractivity contribution in [3.05, 3.63) is 114 Å². The number of hydrogen-bond acceptors (Lipinski definition) is 6. The van der Waals surface area contributed by atoms with Gasteiger partial charge in [0.25, 0.3) is 5.56 Å². The maximum atomic E-state index is 12.1. The second-order valence-electron chi connectivity index (χ2n) is 9.31. The number of nitriles is 1. The van der Waals surface area contributed by atoms with E-state index in [2.05, 4.69) is 48.2 Å². The summed E-state index contributed by atoms with van der Waals surface area (Å²) in [5.41, 5.74) is 2.19. The fourth-order valence-electron chi connectivity index (χ4n) is 4.40. The number of benzene rings is 3. The van der Waals surface area contributed by atoms with Crippen LogP contribution in [0.5, 0.6) is 11.5 Å². The van der Waals surface area contributed by atoms with Crippen LogP contribution < -0.4 is 16.0 Å². The number of halogens is 2. The summed E-state index contributed by atoms with van der Waals surface area (Å²) < 4.78 is 6.63. The lowest BCUT2D eigenvalue weighted by Gasteiger charge is -2.12. The van der Waals surface area contributed by atoms with Crippen molar-refractivity contribution in [3.8, 4) is 23.3 Å². The molecule has 2 heterocycles. The summed E-state index contributed by atoms with van der Waals surface area (Å²) in [5.74, 6) is 0.404. The standard InChI is InChI=1S/C20H11Cl2N5O4.C11H16/c1-9(28)13-8-24-16-3-2-11(6-12(13)16)31-18-14(21)4-10(5-15(18)22)27-20(30)25-19(29)17(7-23)26-27;1-3-7-11-9-6-5-8-10(11)4-2/h2-6,8,24H,1H3,(H,25,29,30);5-6,8-9H,3-4,7H2,1-2H3. The van der Waals surface area contributed by atoms with Crippen molar-refractivity contribution in [2.45, 2.75) is 40.0 Å². The number of carbonyl (C=O) groups is 1. The lowest BCUT2D eigenvalue weighted by atomic mass is 10.0. The molecule has 0 aliphatic rings. The molecule has 214 valence electrons. The van der Waals surface area contributed by atoms with E-state index in [0.717, 1.165) is 16.6 Å². The molecule has 0 fully saturated rings. The summed E-state index contributed by atoms with van der Waals surface area (Å²) in [5, 5.41) is 13.5. The van der Waals surface area contributed by atoms with E-state index in [1.807, 2.05) is 4.98 Å². The van der Waals surface area contributed by atoms with Gasteiger partial charge in [0.2, 0.25) is 5.69 Å². The van der Waals surface area contributed by atoms with Crippen molar-refractivity contribution in [3.63, 3.8) is 0 Å². The Hall–Kier alpha value is -4.65. The lowest BCUT2D eigenvalue weighted by Crippen LogP contribution is -2.33. The second-order valence-corrected chi connectivity index (χ2v) is 10.1. The van der Waals surface area contributed by atoms with Gasteiger partial charge in [0.15, 0.2) is 11.5 Å². The molecule has 2 N–H and O–H groups in total. The molecule has 3 aromatic carbocycles. The number of ketones is 1. The molecular formula is C31H27Cl2N5O4. The van der Waals surface area contributed by atoms with E-state index in [4.69, 9.17) is 33.2 Å². The summed E-state index contributed by atoms with van der Waals surface area (Å²) in [7, 11) is 0. The molecular weight excluding hydrogens is 577 g/mol. The van der Waals surface area contributed by atoms with Crippen molar-refractivity contribution in [1.82, 2.24) is 19.7 Å². The Balaban J connectivity index is 0.000000310. The fourth-order valence-corrected chi connectivity index (χ4v) is 4.96. The Morgan fingerprint density at radius 2 is 1.74 bits per heavy atom. The highest BCUT2D eigenvalue weighted by Gasteiger charge is 2.16. The minimum Gasteiger partial charge on any atom is -0.454 e. The van der Waals surface area contributed by atoms with Gasteiger partial charge in [-0.1, -0.05) is 67.7 Å². The molecule has 0 unspecified atom stereocenters. The molecule has 9 nitrogen and oxygen atoms in total. The summed E-state index contributed by atoms with van der Waals surface area (Å²) in [6.45, 7) is 5.91. The van der Waals surface area contributed by atoms with E-state index in [0.29, 0.717) is 16.7 Å². The number of nitrogens with one attached hydrogen (secondary N) is 2. The van der Waals surface area contributed by atoms with Gasteiger partial charge >= 0.3 is 5.69 Å². The van der Waals surface area contributed by atoms with E-state index < -0.39 is 16.9 Å². The molecule has 5 rings (SSSR count). The van der Waals surface area contributed by atoms with E-state index in [1.54, 1.807) is 30.5 Å². The molecule has 0 bridgehead atoms. The summed E-state index contributed by atoms with van der Waals surface area (Å²) >= 11 is 12.6. The largest absolute Gasteiger partial charge is 0.454 e. The minimum atomic E-state index is -0.897. The first-order valence-corrected chi connectivity index (χ1v) is 13.9. The highest BCUT2D eigenvalue weighted by molar-refractivity contribution is 6.37. The van der Waals surface area contributed by atoms with Gasteiger partial charge in [-0.05, 0) is 61.2 Å². The molecule has 0 aliphatic heterocycles. The second kappa shape index (κ2) is 13.3. The van der Waals surface area contributed by atoms with Crippen molar-refractivity contribution in [2.75, 3.05) is 0 Å². The van der Waals surface area contributed by atoms with Crippen molar-refractivity contribution in [2.24, 2.45) is 0 Å². The zero-order valence-corrected chi connectivity index (χ0v) is 24.6. The van der Waals surface area contributed by atoms with Crippen LogP contribution in [0.1, 0.15) is 54.4 Å². The number of hydrogen-bond donors (Lipinski definition) is 2. The topological polar surface area (TPSA) is 134 Å². The summed E-state index contributed by atoms with van der Waals surface area (Å²) in [6.07, 6.45) is 5.26. The maximum absolute atomic E-state index is 12.1. The number of aryl methyl sites for hydroxylation is 2. The highest BCUT2D eigenvalue weighted by atomic mass is 35.5. The summed E-state index contributed by atoms with van der Waals surface area (Å²) in [6, 6.07) is 18.1. The molecule has 0 amide bonds. The predicted molar refractivity (Wildman–Crippen MR) is 163 cm³/mol. The Bertz CT molecular complexity index is 1910. The van der Waals surface area contributed by atoms with Gasteiger partial charge in [-0.2, -0.15) is 9.94 Å². The molecule has 0 radical (unpaired) electrons. The molecule has 42 heavy (non-hydrogen) atoms. The summed E-state index contributed by atoms with van der Waals surface area (Å²) in [4.78, 5) is 40.4. The van der Waals surface area contributed by atoms with Crippen LogP contribution in [0.2, 0.25) is 10.0 Å². The van der Waals surface area contributed by atoms with Crippen LogP contribution >= 0.6 is 23.2 Å². The maximum Gasteiger partial charge on any atom is 0.349 e. The van der Waals surface area contributed by atoms with Gasteiger partial charge < -0.3 is 9.72 Å². The van der Waals surface area contributed by atoms with Crippen LogP contribution in [0.25, 0.3) is 16.6 Å². The van der Waals surface area contributed by atoms with Crippen molar-refractivity contribution >= 4 is 39.9 Å². The third-order valence-corrected chi connectivity index (χ3v) is 6.99. The molecule has 0 aliphatic carbocycles. The monoisotopic (exact) mass is 603 g/mol. The van der Waals surface area contributed by atoms with E-state index in [1.165, 1.54) is 43.0 Å². The zero-order chi connectivity index (χ0) is 30.4. The molecule has 2 aromatic heterocycles. The van der Waals surface area contributed by atoms with Gasteiger partial charge in [-0.3, -0.25) is 14.6 Å². The van der Waals surface area contributed by atoms with E-state index in [-0.39, 0.29) is 27.3 Å². The number of H-pyrrole nitrogens is 2. The molecule has 0 atom stereocenters. The first-order chi connectivity index (χ1) is 20.2. The van der Waals surface area contributed by atoms with Gasteiger partial charge in [0, 0.05) is 22.7 Å². The number of aromatic nitrogens is 4. The minimum absolute atomic E-state index is 0.0573. The molecule has 0 saturated heterocycles. The van der Waals surface area contributed by atoms with Crippen LogP contribution in [0.15, 0.2) is 70.4 Å². The number of Topliss-reactive ketones (excluding diaryl/α,β-unsaturated/α-hetero) is 1. The first-order valence-electron chi connectivity index (χ1n) is 13.2. The highest BCUT2D eigenvalue weighted by Crippen LogP contribution is 2.39. The van der Waals surface area contributed by atoms with Gasteiger partial charge in [-0.15, -0.1) is 5.10 Å². The fraction of sp³-hybridized carbons (Fsp3) is 0.194. The quantitative estimate of drug-likeness (QED) is 0.197. The third kappa shape index (κ3) is 6.62. The molecule has 0 saturated carbocycles. The Morgan fingerprint density at radius 1 is 1.05 bits per heavy atom. The average Bonchev–Trinajstić information content (AvgIpc) is 3.39. The van der Waals surface area contributed by atoms with Gasteiger partial charge in [0.05, 0.1) is 15.7 Å². The van der Waals surface area contributed by atoms with Crippen LogP contribution in [0.3, 0.4) is 0 Å². The van der Waals surface area contributed by atoms with Crippen LogP contribution in [0, 0.1) is 11.3 Å². The number of aromatic amines is 2. The lowest BCUT2D eigenvalue weighted by molar-refractivity contribution is 0.101. The van der Waals surface area contributed by atoms with Crippen LogP contribution in [-0.2, 0) is 12.8 Å². The SMILES string of the molecule is CC(=O)c1c[nH]c2ccc(Oc3c(Cl)cc(-n4nc(C#N)c(=O)[nH]c4=O)cc3Cl)cc12.CCCc1ccccc1CC. The third-order valence-electron chi connectivity index (χ3n) is 6.43. The van der Waals surface area contributed by atoms with Gasteiger partial charge in [-0.25, -0.2) is 4.79 Å². The number of fused-ring (bicyclic) bond motifs is 1. The van der Waals surface area contributed by atoms with Crippen LogP contribution in [-0.4, -0.2) is 25.5 Å². The molecule has 5 aromatic rings. The number of ether oxygens (including phenoxy) is 1. The van der Waals surface area contributed by atoms with E-state index in [9.17, 15) is 14.4 Å². The number of rotatable bonds is 7. The molecule has 0 spiro atoms. The molecule has 11 heteroatoms. The first kappa shape index (κ1) is 30.3. The smallest absolute Gasteiger partial charge is 0.349 e. The normalized spacial score (nSPS) is 10.6. The Kier molecular flexibility index (Phi) is 9.63. The number of carbonyl (C=O) groups excluding carboxylic acids is 1. The predicted octanol–water partition coefficient (Wildman–Crippen LogP) is 6.78. The van der Waals surface area contributed by atoms with Gasteiger partial charge in [0.1, 0.15) is 11.8 Å². The van der Waals surface area contributed by atoms with Crippen LogP contribution in [0.4, 0.5) is 0 Å². The van der Waals surface area contributed by atoms with Crippen molar-refractivity contribution in [1.29, 1.82) is 5.26 Å². The zero-order valence-electron chi connectivity index (χ0n) is 23.1. The van der Waals surface area contributed by atoms with Crippen molar-refractivity contribution < 1.29 is 9.53 Å². The Labute approximate surface area is 251 Å². The Morgan fingerprint density at radius 3 is 2.36 bits per heavy atom. The average molecular weight is 604 g/mol.